The van der Waals surface area contributed by atoms with E-state index in [1.54, 1.807) is 19.3 Å². The number of anilines is 1. The van der Waals surface area contributed by atoms with Crippen molar-refractivity contribution in [1.82, 2.24) is 9.97 Å². The summed E-state index contributed by atoms with van der Waals surface area (Å²) in [6.07, 6.45) is 3.37. The molecule has 2 rings (SSSR count). The summed E-state index contributed by atoms with van der Waals surface area (Å²) < 4.78 is 23.1. The van der Waals surface area contributed by atoms with Gasteiger partial charge in [-0.2, -0.15) is 0 Å². The molecular weight excluding hydrogens is 226 g/mol. The summed E-state index contributed by atoms with van der Waals surface area (Å²) in [4.78, 5) is 10.4. The first kappa shape index (κ1) is 11.3. The summed E-state index contributed by atoms with van der Waals surface area (Å²) in [6, 6.07) is 0. The van der Waals surface area contributed by atoms with Gasteiger partial charge >= 0.3 is 0 Å². The fourth-order valence-electron chi connectivity index (χ4n) is 1.76. The molecule has 1 aliphatic rings. The van der Waals surface area contributed by atoms with Gasteiger partial charge in [0.15, 0.2) is 9.84 Å². The molecule has 2 heterocycles. The second kappa shape index (κ2) is 4.01. The first-order chi connectivity index (χ1) is 7.49. The van der Waals surface area contributed by atoms with Crippen molar-refractivity contribution in [2.24, 2.45) is 0 Å². The molecule has 0 radical (unpaired) electrons. The Morgan fingerprint density at radius 1 is 1.44 bits per heavy atom. The van der Waals surface area contributed by atoms with Gasteiger partial charge in [0.2, 0.25) is 0 Å². The molecule has 88 valence electrons. The topological polar surface area (TPSA) is 63.2 Å². The minimum Gasteiger partial charge on any atom is -0.353 e. The van der Waals surface area contributed by atoms with E-state index in [4.69, 9.17) is 0 Å². The molecule has 0 spiro atoms. The normalized spacial score (nSPS) is 24.4. The molecule has 1 atom stereocenters. The van der Waals surface area contributed by atoms with Crippen LogP contribution in [0.5, 0.6) is 0 Å². The lowest BCUT2D eigenvalue weighted by Crippen LogP contribution is -2.45. The molecule has 5 nitrogen and oxygen atoms in total. The lowest BCUT2D eigenvalue weighted by molar-refractivity contribution is 0.568. The van der Waals surface area contributed by atoms with Crippen molar-refractivity contribution in [3.63, 3.8) is 0 Å². The Hall–Kier alpha value is -1.17. The molecule has 0 N–H and O–H groups in total. The summed E-state index contributed by atoms with van der Waals surface area (Å²) in [7, 11) is -2.90. The number of nitrogens with zero attached hydrogens (tertiary/aromatic N) is 3. The molecule has 1 unspecified atom stereocenters. The highest BCUT2D eigenvalue weighted by Gasteiger charge is 2.29. The van der Waals surface area contributed by atoms with Gasteiger partial charge in [-0.15, -0.1) is 0 Å². The summed E-state index contributed by atoms with van der Waals surface area (Å²) >= 11 is 0. The fourth-order valence-corrected chi connectivity index (χ4v) is 3.05. The lowest BCUT2D eigenvalue weighted by Gasteiger charge is -2.31. The SMILES string of the molecule is Cc1cncc(N2CCS(=O)(=O)C(C)C2)n1. The van der Waals surface area contributed by atoms with Crippen molar-refractivity contribution in [2.45, 2.75) is 19.1 Å². The van der Waals surface area contributed by atoms with E-state index in [0.717, 1.165) is 11.5 Å². The number of sulfone groups is 1. The first-order valence-corrected chi connectivity index (χ1v) is 6.96. The van der Waals surface area contributed by atoms with Crippen LogP contribution in [0.1, 0.15) is 12.6 Å². The van der Waals surface area contributed by atoms with Crippen LogP contribution < -0.4 is 4.90 Å². The highest BCUT2D eigenvalue weighted by molar-refractivity contribution is 7.92. The Bertz CT molecular complexity index is 487. The van der Waals surface area contributed by atoms with E-state index >= 15 is 0 Å². The smallest absolute Gasteiger partial charge is 0.156 e. The van der Waals surface area contributed by atoms with E-state index in [1.807, 2.05) is 11.8 Å². The highest BCUT2D eigenvalue weighted by atomic mass is 32.2. The zero-order valence-electron chi connectivity index (χ0n) is 9.42. The van der Waals surface area contributed by atoms with Crippen molar-refractivity contribution < 1.29 is 8.42 Å². The van der Waals surface area contributed by atoms with Crippen molar-refractivity contribution >= 4 is 15.7 Å². The molecule has 1 aliphatic heterocycles. The van der Waals surface area contributed by atoms with Crippen molar-refractivity contribution in [3.05, 3.63) is 18.1 Å². The van der Waals surface area contributed by atoms with E-state index < -0.39 is 9.84 Å². The van der Waals surface area contributed by atoms with Gasteiger partial charge in [-0.1, -0.05) is 0 Å². The Kier molecular flexibility index (Phi) is 2.84. The van der Waals surface area contributed by atoms with Gasteiger partial charge in [0, 0.05) is 19.3 Å². The molecule has 0 bridgehead atoms. The Morgan fingerprint density at radius 3 is 2.81 bits per heavy atom. The van der Waals surface area contributed by atoms with Crippen LogP contribution in [0.15, 0.2) is 12.4 Å². The average molecular weight is 241 g/mol. The summed E-state index contributed by atoms with van der Waals surface area (Å²) in [5.74, 6) is 0.964. The van der Waals surface area contributed by atoms with Gasteiger partial charge in [-0.3, -0.25) is 4.98 Å². The third-order valence-corrected chi connectivity index (χ3v) is 4.93. The molecule has 1 aromatic rings. The van der Waals surface area contributed by atoms with Gasteiger partial charge in [0.05, 0.1) is 22.9 Å². The van der Waals surface area contributed by atoms with Gasteiger partial charge < -0.3 is 4.90 Å². The first-order valence-electron chi connectivity index (χ1n) is 5.24. The van der Waals surface area contributed by atoms with E-state index in [1.165, 1.54) is 0 Å². The molecule has 6 heteroatoms. The predicted octanol–water partition coefficient (Wildman–Crippen LogP) is 0.408. The monoisotopic (exact) mass is 241 g/mol. The van der Waals surface area contributed by atoms with Gasteiger partial charge in [0.25, 0.3) is 0 Å². The second-order valence-electron chi connectivity index (χ2n) is 4.14. The summed E-state index contributed by atoms with van der Waals surface area (Å²) in [6.45, 7) is 4.62. The summed E-state index contributed by atoms with van der Waals surface area (Å²) in [5, 5.41) is -0.330. The van der Waals surface area contributed by atoms with Gasteiger partial charge in [0.1, 0.15) is 5.82 Å². The van der Waals surface area contributed by atoms with Crippen LogP contribution in [0, 0.1) is 6.92 Å². The van der Waals surface area contributed by atoms with Crippen molar-refractivity contribution in [3.8, 4) is 0 Å². The maximum Gasteiger partial charge on any atom is 0.156 e. The molecule has 16 heavy (non-hydrogen) atoms. The van der Waals surface area contributed by atoms with Crippen LogP contribution in [0.25, 0.3) is 0 Å². The maximum absolute atomic E-state index is 11.6. The van der Waals surface area contributed by atoms with Crippen LogP contribution in [0.4, 0.5) is 5.82 Å². The van der Waals surface area contributed by atoms with Crippen LogP contribution in [0.2, 0.25) is 0 Å². The molecule has 0 aromatic carbocycles. The number of hydrogen-bond acceptors (Lipinski definition) is 5. The third-order valence-electron chi connectivity index (χ3n) is 2.80. The van der Waals surface area contributed by atoms with E-state index in [9.17, 15) is 8.42 Å². The third kappa shape index (κ3) is 2.16. The van der Waals surface area contributed by atoms with E-state index in [-0.39, 0.29) is 11.0 Å². The molecule has 0 amide bonds. The second-order valence-corrected chi connectivity index (χ2v) is 6.68. The standard InChI is InChI=1S/C10H15N3O2S/c1-8-5-11-6-10(12-8)13-3-4-16(14,15)9(2)7-13/h5-6,9H,3-4,7H2,1-2H3. The number of aromatic nitrogens is 2. The highest BCUT2D eigenvalue weighted by Crippen LogP contribution is 2.17. The Morgan fingerprint density at radius 2 is 2.19 bits per heavy atom. The minimum atomic E-state index is -2.90. The Balaban J connectivity index is 2.20. The maximum atomic E-state index is 11.6. The molecular formula is C10H15N3O2S. The average Bonchev–Trinajstić information content (AvgIpc) is 2.22. The largest absolute Gasteiger partial charge is 0.353 e. The quantitative estimate of drug-likeness (QED) is 0.712. The molecule has 0 saturated carbocycles. The van der Waals surface area contributed by atoms with Crippen molar-refractivity contribution in [1.29, 1.82) is 0 Å². The molecule has 1 saturated heterocycles. The number of rotatable bonds is 1. The zero-order valence-corrected chi connectivity index (χ0v) is 10.2. The Labute approximate surface area is 95.4 Å². The predicted molar refractivity (Wildman–Crippen MR) is 62.2 cm³/mol. The van der Waals surface area contributed by atoms with E-state index in [2.05, 4.69) is 9.97 Å². The number of aryl methyl sites for hydroxylation is 1. The fraction of sp³-hybridized carbons (Fsp3) is 0.600. The van der Waals surface area contributed by atoms with Crippen molar-refractivity contribution in [2.75, 3.05) is 23.7 Å². The zero-order chi connectivity index (χ0) is 11.8. The lowest BCUT2D eigenvalue weighted by atomic mass is 10.4. The summed E-state index contributed by atoms with van der Waals surface area (Å²) in [5.41, 5.74) is 0.846. The van der Waals surface area contributed by atoms with Crippen LogP contribution in [0.3, 0.4) is 0 Å². The van der Waals surface area contributed by atoms with E-state index in [0.29, 0.717) is 13.1 Å². The molecule has 0 aliphatic carbocycles. The minimum absolute atomic E-state index is 0.198. The van der Waals surface area contributed by atoms with Gasteiger partial charge in [-0.05, 0) is 13.8 Å². The van der Waals surface area contributed by atoms with Crippen LogP contribution in [-0.2, 0) is 9.84 Å². The van der Waals surface area contributed by atoms with Crippen LogP contribution >= 0.6 is 0 Å². The number of hydrogen-bond donors (Lipinski definition) is 0. The van der Waals surface area contributed by atoms with Gasteiger partial charge in [-0.25, -0.2) is 13.4 Å². The molecule has 1 fully saturated rings. The van der Waals surface area contributed by atoms with Crippen LogP contribution in [-0.4, -0.2) is 42.5 Å². The molecule has 1 aromatic heterocycles.